The number of para-hydroxylation sites is 1. The van der Waals surface area contributed by atoms with Gasteiger partial charge in [-0.3, -0.25) is 9.63 Å². The Labute approximate surface area is 101 Å². The number of carbonyl (C=O) groups excluding carboxylic acids is 1. The number of rotatable bonds is 5. The van der Waals surface area contributed by atoms with Gasteiger partial charge in [-0.15, -0.1) is 0 Å². The molecule has 1 amide bonds. The summed E-state index contributed by atoms with van der Waals surface area (Å²) < 4.78 is 0. The van der Waals surface area contributed by atoms with Crippen LogP contribution in [0.25, 0.3) is 0 Å². The average Bonchev–Trinajstić information content (AvgIpc) is 2.83. The highest BCUT2D eigenvalue weighted by Crippen LogP contribution is 2.19. The maximum Gasteiger partial charge on any atom is 0.240 e. The van der Waals surface area contributed by atoms with E-state index in [0.717, 1.165) is 18.5 Å². The van der Waals surface area contributed by atoms with Crippen molar-refractivity contribution in [2.75, 3.05) is 11.9 Å². The lowest BCUT2D eigenvalue weighted by atomic mass is 10.3. The van der Waals surface area contributed by atoms with Crippen molar-refractivity contribution >= 4 is 11.6 Å². The van der Waals surface area contributed by atoms with Crippen LogP contribution in [0.15, 0.2) is 30.3 Å². The Morgan fingerprint density at radius 1 is 1.24 bits per heavy atom. The van der Waals surface area contributed by atoms with Crippen LogP contribution in [-0.2, 0) is 9.63 Å². The van der Waals surface area contributed by atoms with Crippen LogP contribution in [0.1, 0.15) is 25.7 Å². The summed E-state index contributed by atoms with van der Waals surface area (Å²) in [7, 11) is 0. The van der Waals surface area contributed by atoms with Crippen molar-refractivity contribution in [3.8, 4) is 0 Å². The van der Waals surface area contributed by atoms with E-state index in [2.05, 4.69) is 10.8 Å². The summed E-state index contributed by atoms with van der Waals surface area (Å²) in [6, 6.07) is 9.40. The molecule has 0 aromatic heterocycles. The van der Waals surface area contributed by atoms with Gasteiger partial charge in [-0.25, -0.2) is 0 Å². The van der Waals surface area contributed by atoms with Gasteiger partial charge in [-0.05, 0) is 25.0 Å². The normalized spacial score (nSPS) is 16.0. The van der Waals surface area contributed by atoms with Crippen molar-refractivity contribution in [2.24, 2.45) is 0 Å². The van der Waals surface area contributed by atoms with Gasteiger partial charge < -0.3 is 5.32 Å². The van der Waals surface area contributed by atoms with Gasteiger partial charge in [-0.1, -0.05) is 31.0 Å². The van der Waals surface area contributed by atoms with Crippen molar-refractivity contribution in [1.29, 1.82) is 0 Å². The fourth-order valence-electron chi connectivity index (χ4n) is 1.96. The summed E-state index contributed by atoms with van der Waals surface area (Å²) in [5.74, 6) is -0.0887. The van der Waals surface area contributed by atoms with Crippen LogP contribution in [0.5, 0.6) is 0 Å². The smallest absolute Gasteiger partial charge is 0.240 e. The maximum absolute atomic E-state index is 11.5. The van der Waals surface area contributed by atoms with Crippen LogP contribution >= 0.6 is 0 Å². The third kappa shape index (κ3) is 4.17. The number of hydroxylamine groups is 1. The van der Waals surface area contributed by atoms with Gasteiger partial charge in [0.05, 0.1) is 6.10 Å². The fraction of sp³-hybridized carbons (Fsp3) is 0.462. The second kappa shape index (κ2) is 6.37. The molecular formula is C13H18N2O2. The third-order valence-electron chi connectivity index (χ3n) is 2.84. The molecule has 0 spiro atoms. The minimum Gasteiger partial charge on any atom is -0.325 e. The summed E-state index contributed by atoms with van der Waals surface area (Å²) >= 11 is 0. The van der Waals surface area contributed by atoms with Crippen LogP contribution in [0, 0.1) is 0 Å². The molecule has 0 saturated heterocycles. The van der Waals surface area contributed by atoms with Crippen LogP contribution in [0.3, 0.4) is 0 Å². The van der Waals surface area contributed by atoms with Crippen molar-refractivity contribution in [2.45, 2.75) is 31.8 Å². The summed E-state index contributed by atoms with van der Waals surface area (Å²) in [5, 5.41) is 2.79. The van der Waals surface area contributed by atoms with Crippen LogP contribution < -0.4 is 10.8 Å². The minimum absolute atomic E-state index is 0.0887. The van der Waals surface area contributed by atoms with E-state index in [1.807, 2.05) is 30.3 Å². The minimum atomic E-state index is -0.0887. The molecule has 0 bridgehead atoms. The molecule has 0 aliphatic heterocycles. The molecule has 1 saturated carbocycles. The molecule has 0 unspecified atom stereocenters. The number of hydrogen-bond donors (Lipinski definition) is 2. The number of amides is 1. The molecule has 1 aromatic rings. The molecule has 1 aromatic carbocycles. The second-order valence-electron chi connectivity index (χ2n) is 4.26. The summed E-state index contributed by atoms with van der Waals surface area (Å²) in [4.78, 5) is 16.9. The van der Waals surface area contributed by atoms with E-state index < -0.39 is 0 Å². The SMILES string of the molecule is O=C(CNOC1CCCC1)Nc1ccccc1. The molecular weight excluding hydrogens is 216 g/mol. The van der Waals surface area contributed by atoms with E-state index >= 15 is 0 Å². The van der Waals surface area contributed by atoms with Crippen molar-refractivity contribution < 1.29 is 9.63 Å². The zero-order chi connectivity index (χ0) is 11.9. The highest BCUT2D eigenvalue weighted by Gasteiger charge is 2.15. The van der Waals surface area contributed by atoms with Crippen molar-refractivity contribution in [1.82, 2.24) is 5.48 Å². The van der Waals surface area contributed by atoms with Gasteiger partial charge in [-0.2, -0.15) is 5.48 Å². The van der Waals surface area contributed by atoms with Crippen LogP contribution in [-0.4, -0.2) is 18.6 Å². The first kappa shape index (κ1) is 12.1. The van der Waals surface area contributed by atoms with Crippen molar-refractivity contribution in [3.05, 3.63) is 30.3 Å². The Balaban J connectivity index is 1.64. The van der Waals surface area contributed by atoms with Gasteiger partial charge in [0.15, 0.2) is 0 Å². The zero-order valence-corrected chi connectivity index (χ0v) is 9.82. The second-order valence-corrected chi connectivity index (χ2v) is 4.26. The first-order valence-corrected chi connectivity index (χ1v) is 6.08. The average molecular weight is 234 g/mol. The molecule has 17 heavy (non-hydrogen) atoms. The Hall–Kier alpha value is -1.39. The molecule has 2 N–H and O–H groups in total. The van der Waals surface area contributed by atoms with E-state index in [9.17, 15) is 4.79 Å². The largest absolute Gasteiger partial charge is 0.325 e. The highest BCUT2D eigenvalue weighted by molar-refractivity contribution is 5.92. The van der Waals surface area contributed by atoms with E-state index in [0.29, 0.717) is 0 Å². The Morgan fingerprint density at radius 3 is 2.65 bits per heavy atom. The number of benzene rings is 1. The van der Waals surface area contributed by atoms with E-state index in [1.54, 1.807) is 0 Å². The number of nitrogens with one attached hydrogen (secondary N) is 2. The lowest BCUT2D eigenvalue weighted by molar-refractivity contribution is -0.119. The highest BCUT2D eigenvalue weighted by atomic mass is 16.7. The predicted molar refractivity (Wildman–Crippen MR) is 66.4 cm³/mol. The molecule has 4 heteroatoms. The predicted octanol–water partition coefficient (Wildman–Crippen LogP) is 2.09. The van der Waals surface area contributed by atoms with E-state index in [1.165, 1.54) is 12.8 Å². The molecule has 2 rings (SSSR count). The number of hydrogen-bond acceptors (Lipinski definition) is 3. The van der Waals surface area contributed by atoms with Gasteiger partial charge in [0.1, 0.15) is 6.54 Å². The van der Waals surface area contributed by atoms with Gasteiger partial charge in [0.2, 0.25) is 5.91 Å². The number of carbonyl (C=O) groups is 1. The molecule has 1 aliphatic carbocycles. The number of anilines is 1. The van der Waals surface area contributed by atoms with E-state index in [4.69, 9.17) is 4.84 Å². The Morgan fingerprint density at radius 2 is 1.94 bits per heavy atom. The quantitative estimate of drug-likeness (QED) is 0.767. The van der Waals surface area contributed by atoms with Crippen LogP contribution in [0.2, 0.25) is 0 Å². The summed E-state index contributed by atoms with van der Waals surface area (Å²) in [6.07, 6.45) is 4.91. The lowest BCUT2D eigenvalue weighted by Gasteiger charge is -2.11. The molecule has 0 heterocycles. The molecule has 92 valence electrons. The molecule has 0 atom stereocenters. The Kier molecular flexibility index (Phi) is 4.53. The third-order valence-corrected chi connectivity index (χ3v) is 2.84. The lowest BCUT2D eigenvalue weighted by Crippen LogP contribution is -2.31. The topological polar surface area (TPSA) is 50.4 Å². The van der Waals surface area contributed by atoms with Gasteiger partial charge in [0, 0.05) is 5.69 Å². The maximum atomic E-state index is 11.5. The van der Waals surface area contributed by atoms with Crippen LogP contribution in [0.4, 0.5) is 5.69 Å². The Bertz CT molecular complexity index is 348. The molecule has 1 aliphatic rings. The monoisotopic (exact) mass is 234 g/mol. The summed E-state index contributed by atoms with van der Waals surface area (Å²) in [6.45, 7) is 0.186. The zero-order valence-electron chi connectivity index (χ0n) is 9.82. The van der Waals surface area contributed by atoms with E-state index in [-0.39, 0.29) is 18.6 Å². The standard InChI is InChI=1S/C13H18N2O2/c16-13(15-11-6-2-1-3-7-11)10-14-17-12-8-4-5-9-12/h1-3,6-7,12,14H,4-5,8-10H2,(H,15,16). The fourth-order valence-corrected chi connectivity index (χ4v) is 1.96. The first-order chi connectivity index (χ1) is 8.34. The molecule has 4 nitrogen and oxygen atoms in total. The van der Waals surface area contributed by atoms with Crippen molar-refractivity contribution in [3.63, 3.8) is 0 Å². The summed E-state index contributed by atoms with van der Waals surface area (Å²) in [5.41, 5.74) is 3.54. The van der Waals surface area contributed by atoms with Gasteiger partial charge in [0.25, 0.3) is 0 Å². The first-order valence-electron chi connectivity index (χ1n) is 6.08. The molecule has 0 radical (unpaired) electrons. The molecule has 1 fully saturated rings. The van der Waals surface area contributed by atoms with Gasteiger partial charge >= 0.3 is 0 Å².